The largest absolute Gasteiger partial charge is 0.370 e. The molecule has 112 valence electrons. The number of hydrogen-bond donors (Lipinski definition) is 4. The van der Waals surface area contributed by atoms with Crippen molar-refractivity contribution in [2.24, 2.45) is 32.9 Å². The van der Waals surface area contributed by atoms with Crippen LogP contribution in [-0.4, -0.2) is 21.9 Å². The summed E-state index contributed by atoms with van der Waals surface area (Å²) in [7, 11) is 0. The van der Waals surface area contributed by atoms with E-state index in [9.17, 15) is 0 Å². The summed E-state index contributed by atoms with van der Waals surface area (Å²) in [6.45, 7) is 0. The standard InChI is InChI=1S/C10H14N8S3/c11-7(12)17-9-15-5(3-20-9)1-19-2-6-4-21-10(16-6)18-8(13)14/h3-4H,1-2H2,(H4,11,12,15,17)(H4,13,14,16,18). The summed E-state index contributed by atoms with van der Waals surface area (Å²) in [5.74, 6) is 1.54. The van der Waals surface area contributed by atoms with Gasteiger partial charge in [-0.25, -0.2) is 9.97 Å². The number of aliphatic imine (C=N–C) groups is 2. The highest BCUT2D eigenvalue weighted by Crippen LogP contribution is 2.25. The molecule has 0 bridgehead atoms. The number of thioether (sulfide) groups is 1. The van der Waals surface area contributed by atoms with Crippen molar-refractivity contribution in [1.82, 2.24) is 9.97 Å². The minimum Gasteiger partial charge on any atom is -0.370 e. The van der Waals surface area contributed by atoms with Crippen molar-refractivity contribution < 1.29 is 0 Å². The molecule has 2 aromatic heterocycles. The fourth-order valence-electron chi connectivity index (χ4n) is 1.31. The van der Waals surface area contributed by atoms with Crippen LogP contribution in [0, 0.1) is 0 Å². The highest BCUT2D eigenvalue weighted by Gasteiger charge is 2.04. The van der Waals surface area contributed by atoms with Crippen LogP contribution < -0.4 is 22.9 Å². The van der Waals surface area contributed by atoms with Gasteiger partial charge in [0, 0.05) is 22.3 Å². The van der Waals surface area contributed by atoms with E-state index in [1.54, 1.807) is 11.8 Å². The van der Waals surface area contributed by atoms with E-state index >= 15 is 0 Å². The number of thiazole rings is 2. The molecule has 0 saturated heterocycles. The van der Waals surface area contributed by atoms with Crippen LogP contribution in [0.15, 0.2) is 20.7 Å². The molecule has 0 amide bonds. The Kier molecular flexibility index (Phi) is 5.36. The van der Waals surface area contributed by atoms with Gasteiger partial charge in [0.25, 0.3) is 0 Å². The first-order valence-electron chi connectivity index (χ1n) is 5.69. The lowest BCUT2D eigenvalue weighted by Crippen LogP contribution is -2.21. The normalized spacial score (nSPS) is 10.3. The van der Waals surface area contributed by atoms with Gasteiger partial charge < -0.3 is 22.9 Å². The monoisotopic (exact) mass is 342 g/mol. The van der Waals surface area contributed by atoms with Crippen molar-refractivity contribution in [3.8, 4) is 0 Å². The summed E-state index contributed by atoms with van der Waals surface area (Å²) < 4.78 is 0. The maximum atomic E-state index is 5.30. The molecule has 0 aliphatic carbocycles. The van der Waals surface area contributed by atoms with Crippen LogP contribution in [0.3, 0.4) is 0 Å². The summed E-state index contributed by atoms with van der Waals surface area (Å²) in [5, 5.41) is 4.99. The minimum atomic E-state index is 0.0123. The molecule has 0 unspecified atom stereocenters. The highest BCUT2D eigenvalue weighted by atomic mass is 32.2. The molecule has 0 aromatic carbocycles. The highest BCUT2D eigenvalue weighted by molar-refractivity contribution is 7.97. The van der Waals surface area contributed by atoms with Gasteiger partial charge in [0.1, 0.15) is 0 Å². The molecule has 2 rings (SSSR count). The molecule has 21 heavy (non-hydrogen) atoms. The lowest BCUT2D eigenvalue weighted by atomic mass is 10.6. The first-order chi connectivity index (χ1) is 10.0. The molecule has 8 nitrogen and oxygen atoms in total. The second kappa shape index (κ2) is 7.24. The molecule has 0 saturated carbocycles. The minimum absolute atomic E-state index is 0.0123. The summed E-state index contributed by atoms with van der Waals surface area (Å²) >= 11 is 4.50. The van der Waals surface area contributed by atoms with Crippen molar-refractivity contribution in [3.63, 3.8) is 0 Å². The average molecular weight is 342 g/mol. The molecule has 0 atom stereocenters. The van der Waals surface area contributed by atoms with Gasteiger partial charge >= 0.3 is 0 Å². The van der Waals surface area contributed by atoms with Gasteiger partial charge in [0.05, 0.1) is 11.4 Å². The van der Waals surface area contributed by atoms with Gasteiger partial charge in [-0.15, -0.1) is 34.4 Å². The van der Waals surface area contributed by atoms with Crippen LogP contribution in [0.1, 0.15) is 11.4 Å². The predicted molar refractivity (Wildman–Crippen MR) is 90.2 cm³/mol. The molecule has 0 aliphatic rings. The van der Waals surface area contributed by atoms with E-state index < -0.39 is 0 Å². The third kappa shape index (κ3) is 5.21. The zero-order chi connectivity index (χ0) is 15.2. The van der Waals surface area contributed by atoms with Gasteiger partial charge in [-0.2, -0.15) is 9.98 Å². The fourth-order valence-corrected chi connectivity index (χ4v) is 3.75. The number of hydrogen-bond acceptors (Lipinski definition) is 7. The third-order valence-corrected chi connectivity index (χ3v) is 4.60. The zero-order valence-corrected chi connectivity index (χ0v) is 13.3. The van der Waals surface area contributed by atoms with Gasteiger partial charge in [0.15, 0.2) is 11.9 Å². The number of nitrogens with zero attached hydrogens (tertiary/aromatic N) is 4. The Morgan fingerprint density at radius 1 is 0.905 bits per heavy atom. The van der Waals surface area contributed by atoms with Crippen molar-refractivity contribution in [2.75, 3.05) is 0 Å². The predicted octanol–water partition coefficient (Wildman–Crippen LogP) is 0.843. The van der Waals surface area contributed by atoms with E-state index in [4.69, 9.17) is 22.9 Å². The summed E-state index contributed by atoms with van der Waals surface area (Å²) in [6, 6.07) is 0. The fraction of sp³-hybridized carbons (Fsp3) is 0.200. The Hall–Kier alpha value is -1.85. The second-order valence-corrected chi connectivity index (χ2v) is 6.47. The quantitative estimate of drug-likeness (QED) is 0.448. The molecule has 0 fully saturated rings. The first-order valence-corrected chi connectivity index (χ1v) is 8.60. The number of rotatable bonds is 6. The lowest BCUT2D eigenvalue weighted by Gasteiger charge is -1.95. The van der Waals surface area contributed by atoms with Crippen molar-refractivity contribution in [1.29, 1.82) is 0 Å². The maximum Gasteiger partial charge on any atom is 0.212 e. The van der Waals surface area contributed by atoms with Crippen molar-refractivity contribution in [2.45, 2.75) is 11.5 Å². The Bertz CT molecular complexity index is 595. The average Bonchev–Trinajstić information content (AvgIpc) is 2.98. The number of nitrogens with two attached hydrogens (primary N) is 4. The number of guanidine groups is 2. The van der Waals surface area contributed by atoms with Crippen molar-refractivity contribution in [3.05, 3.63) is 22.1 Å². The van der Waals surface area contributed by atoms with Crippen LogP contribution in [0.5, 0.6) is 0 Å². The van der Waals surface area contributed by atoms with E-state index in [1.165, 1.54) is 22.7 Å². The number of aromatic nitrogens is 2. The summed E-state index contributed by atoms with van der Waals surface area (Å²) in [5.41, 5.74) is 23.1. The van der Waals surface area contributed by atoms with E-state index in [0.717, 1.165) is 22.9 Å². The Balaban J connectivity index is 1.84. The van der Waals surface area contributed by atoms with E-state index in [1.807, 2.05) is 10.8 Å². The Morgan fingerprint density at radius 3 is 1.71 bits per heavy atom. The third-order valence-electron chi connectivity index (χ3n) is 2.03. The topological polar surface area (TPSA) is 155 Å². The molecular formula is C10H14N8S3. The van der Waals surface area contributed by atoms with Crippen LogP contribution in [0.2, 0.25) is 0 Å². The summed E-state index contributed by atoms with van der Waals surface area (Å²) in [6.07, 6.45) is 0. The second-order valence-electron chi connectivity index (χ2n) is 3.81. The Morgan fingerprint density at radius 2 is 1.33 bits per heavy atom. The van der Waals surface area contributed by atoms with Gasteiger partial charge in [-0.1, -0.05) is 0 Å². The molecule has 2 heterocycles. The molecule has 2 aromatic rings. The van der Waals surface area contributed by atoms with E-state index in [0.29, 0.717) is 10.3 Å². The molecule has 0 radical (unpaired) electrons. The van der Waals surface area contributed by atoms with Gasteiger partial charge in [-0.05, 0) is 0 Å². The van der Waals surface area contributed by atoms with Crippen LogP contribution in [0.4, 0.5) is 10.3 Å². The van der Waals surface area contributed by atoms with Crippen molar-refractivity contribution >= 4 is 56.6 Å². The first kappa shape index (κ1) is 15.5. The molecular weight excluding hydrogens is 328 g/mol. The van der Waals surface area contributed by atoms with E-state index in [2.05, 4.69) is 20.0 Å². The zero-order valence-electron chi connectivity index (χ0n) is 10.9. The van der Waals surface area contributed by atoms with Gasteiger partial charge in [0.2, 0.25) is 10.3 Å². The summed E-state index contributed by atoms with van der Waals surface area (Å²) in [4.78, 5) is 16.4. The molecule has 0 spiro atoms. The van der Waals surface area contributed by atoms with E-state index in [-0.39, 0.29) is 11.9 Å². The maximum absolute atomic E-state index is 5.30. The van der Waals surface area contributed by atoms with Crippen LogP contribution in [0.25, 0.3) is 0 Å². The molecule has 0 aliphatic heterocycles. The lowest BCUT2D eigenvalue weighted by molar-refractivity contribution is 1.19. The smallest absolute Gasteiger partial charge is 0.212 e. The van der Waals surface area contributed by atoms with Crippen LogP contribution >= 0.6 is 34.4 Å². The van der Waals surface area contributed by atoms with Gasteiger partial charge in [-0.3, -0.25) is 0 Å². The molecule has 11 heteroatoms. The Labute approximate surface area is 133 Å². The molecule has 8 N–H and O–H groups in total. The SMILES string of the molecule is NC(N)=Nc1nc(CSCc2csc(N=C(N)N)n2)cs1. The van der Waals surface area contributed by atoms with Crippen LogP contribution in [-0.2, 0) is 11.5 Å².